The number of fused-ring (bicyclic) bond motifs is 5. The fourth-order valence-corrected chi connectivity index (χ4v) is 8.94. The molecule has 8 heteroatoms. The van der Waals surface area contributed by atoms with Gasteiger partial charge in [0.25, 0.3) is 6.33 Å². The van der Waals surface area contributed by atoms with Crippen molar-refractivity contribution in [3.63, 3.8) is 0 Å². The van der Waals surface area contributed by atoms with Crippen molar-refractivity contribution >= 4 is 51.3 Å². The van der Waals surface area contributed by atoms with Crippen molar-refractivity contribution in [2.75, 3.05) is 4.90 Å². The molecule has 6 nitrogen and oxygen atoms in total. The molecular formula is C58H41BN4O2Pt-2. The van der Waals surface area contributed by atoms with E-state index in [0.29, 0.717) is 34.0 Å². The summed E-state index contributed by atoms with van der Waals surface area (Å²) in [4.78, 5) is 7.05. The minimum Gasteiger partial charge on any atom is -0.510 e. The zero-order valence-electron chi connectivity index (χ0n) is 45.7. The fourth-order valence-electron chi connectivity index (χ4n) is 8.94. The van der Waals surface area contributed by atoms with Crippen LogP contribution in [0.25, 0.3) is 44.7 Å². The minimum atomic E-state index is -0.576. The second-order valence-corrected chi connectivity index (χ2v) is 16.8. The molecule has 320 valence electrons. The third kappa shape index (κ3) is 7.03. The van der Waals surface area contributed by atoms with Crippen LogP contribution < -0.4 is 35.3 Å². The van der Waals surface area contributed by atoms with Crippen LogP contribution in [0.15, 0.2) is 194 Å². The number of nitrogens with zero attached hydrogens (tertiary/aromatic N) is 4. The number of imidazole rings is 1. The Kier molecular flexibility index (Phi) is 7.86. The van der Waals surface area contributed by atoms with E-state index in [1.54, 1.807) is 39.5 Å². The van der Waals surface area contributed by atoms with Gasteiger partial charge in [0, 0.05) is 44.4 Å². The summed E-state index contributed by atoms with van der Waals surface area (Å²) in [6, 6.07) is 41.5. The number of para-hydroxylation sites is 4. The van der Waals surface area contributed by atoms with E-state index in [2.05, 4.69) is 68.4 Å². The van der Waals surface area contributed by atoms with Crippen molar-refractivity contribution < 1.29 is 48.8 Å². The first-order chi connectivity index (χ1) is 36.0. The number of hydrogen-bond acceptors (Lipinski definition) is 4. The molecule has 8 aromatic carbocycles. The maximum atomic E-state index is 9.05. The number of aromatic nitrogens is 3. The topological polar surface area (TPSA) is 43.4 Å². The molecule has 2 aliphatic heterocycles. The second kappa shape index (κ2) is 16.5. The Hall–Kier alpha value is -7.47. The van der Waals surface area contributed by atoms with Gasteiger partial charge >= 0.3 is 0 Å². The molecule has 0 saturated carbocycles. The van der Waals surface area contributed by atoms with Crippen molar-refractivity contribution in [2.24, 2.45) is 0 Å². The zero-order chi connectivity index (χ0) is 52.4. The molecule has 66 heavy (non-hydrogen) atoms. The van der Waals surface area contributed by atoms with E-state index in [4.69, 9.17) is 28.2 Å². The predicted octanol–water partition coefficient (Wildman–Crippen LogP) is 11.5. The quantitative estimate of drug-likeness (QED) is 0.0906. The molecule has 4 heterocycles. The van der Waals surface area contributed by atoms with Gasteiger partial charge in [-0.25, -0.2) is 4.98 Å². The molecule has 0 aliphatic carbocycles. The molecule has 0 radical (unpaired) electrons. The number of hydrogen-bond donors (Lipinski definition) is 0. The van der Waals surface area contributed by atoms with Gasteiger partial charge in [0.1, 0.15) is 17.3 Å². The van der Waals surface area contributed by atoms with Gasteiger partial charge < -0.3 is 18.9 Å². The Bertz CT molecular complexity index is 3930. The van der Waals surface area contributed by atoms with E-state index in [9.17, 15) is 0 Å². The maximum absolute atomic E-state index is 9.05. The van der Waals surface area contributed by atoms with E-state index in [1.807, 2.05) is 79.0 Å². The van der Waals surface area contributed by atoms with E-state index >= 15 is 0 Å². The number of benzene rings is 8. The second-order valence-electron chi connectivity index (χ2n) is 16.8. The summed E-state index contributed by atoms with van der Waals surface area (Å²) in [7, 11) is 0. The molecule has 0 bridgehead atoms. The van der Waals surface area contributed by atoms with Gasteiger partial charge in [-0.15, -0.1) is 29.7 Å². The van der Waals surface area contributed by atoms with Crippen molar-refractivity contribution in [3.8, 4) is 56.6 Å². The van der Waals surface area contributed by atoms with Gasteiger partial charge in [-0.05, 0) is 80.2 Å². The summed E-state index contributed by atoms with van der Waals surface area (Å²) in [5, 5.41) is 0. The van der Waals surface area contributed by atoms with Crippen LogP contribution in [0.5, 0.6) is 23.0 Å². The van der Waals surface area contributed by atoms with Gasteiger partial charge in [0.2, 0.25) is 0 Å². The predicted molar refractivity (Wildman–Crippen MR) is 261 cm³/mol. The van der Waals surface area contributed by atoms with Gasteiger partial charge in [-0.2, -0.15) is 18.2 Å². The fraction of sp³-hybridized carbons (Fsp3) is 0.0690. The normalized spacial score (nSPS) is 14.5. The van der Waals surface area contributed by atoms with Crippen molar-refractivity contribution in [3.05, 3.63) is 218 Å². The average molecular weight is 1040 g/mol. The first-order valence-corrected chi connectivity index (χ1v) is 21.2. The number of ether oxygens (including phenoxy) is 2. The Balaban J connectivity index is 0.00000616. The minimum absolute atomic E-state index is 0. The standard InChI is InChI=1S/C58H41BN4O2.Pt/c1-58(2,3)41-33-34-60-55(35-41)63-51-28-16-30-54-56(51)59(48-25-10-13-29-53(48)65-54)47-32-31-44(37-52(47)63)64-43-22-14-21-42(36-43)61-38-62(50-27-12-11-26-49(50)61)57-45(39-17-6-4-7-18-39)23-15-24-46(57)40-19-8-5-9-20-40;/h4-35H,1-3H3;/q-2;/i4D,5D,6D,7D,8D,9D,17D,18D,19D,20D;. The Morgan fingerprint density at radius 3 is 2.14 bits per heavy atom. The third-order valence-electron chi connectivity index (χ3n) is 11.9. The zero-order valence-corrected chi connectivity index (χ0v) is 38.0. The van der Waals surface area contributed by atoms with E-state index in [0.717, 1.165) is 44.8 Å². The van der Waals surface area contributed by atoms with Crippen LogP contribution in [0, 0.1) is 18.5 Å². The molecule has 0 atom stereocenters. The van der Waals surface area contributed by atoms with E-state index in [-0.39, 0.29) is 61.1 Å². The smallest absolute Gasteiger partial charge is 0.268 e. The molecule has 12 rings (SSSR count). The molecule has 2 aromatic heterocycles. The van der Waals surface area contributed by atoms with Crippen LogP contribution in [0.4, 0.5) is 17.2 Å². The molecule has 0 saturated heterocycles. The van der Waals surface area contributed by atoms with Gasteiger partial charge in [0.05, 0.1) is 30.4 Å². The molecule has 0 fully saturated rings. The Morgan fingerprint density at radius 2 is 1.36 bits per heavy atom. The van der Waals surface area contributed by atoms with E-state index < -0.39 is 60.4 Å². The van der Waals surface area contributed by atoms with Crippen LogP contribution in [0.3, 0.4) is 0 Å². The number of anilines is 3. The summed E-state index contributed by atoms with van der Waals surface area (Å²) in [6.07, 6.45) is 5.25. The molecule has 0 N–H and O–H groups in total. The van der Waals surface area contributed by atoms with Crippen molar-refractivity contribution in [1.82, 2.24) is 9.55 Å². The Morgan fingerprint density at radius 1 is 0.682 bits per heavy atom. The summed E-state index contributed by atoms with van der Waals surface area (Å²) in [5.74, 6) is 3.01. The number of pyridine rings is 1. The number of rotatable bonds is 7. The summed E-state index contributed by atoms with van der Waals surface area (Å²) in [6.45, 7) is 6.34. The maximum Gasteiger partial charge on any atom is 0.268 e. The SMILES string of the molecule is [2H]c1c([2H])c([2H])c(-c2cccc(-c3c([2H])c([2H])c([2H])c([2H])c3[2H])c2-[n+]2[c-]n(-c3[c-]c(Oc4[c-]c5c(cc4)B4c6ccccc6Oc6cccc(c64)N5c4cc(C(C)(C)C)ccn4)ccc3)c3ccccc32)c([2H])c1[2H].[Pt]. The molecule has 0 spiro atoms. The van der Waals surface area contributed by atoms with Crippen LogP contribution in [0.2, 0.25) is 0 Å². The van der Waals surface area contributed by atoms with Crippen molar-refractivity contribution in [1.29, 1.82) is 0 Å². The summed E-state index contributed by atoms with van der Waals surface area (Å²) < 4.78 is 104. The molecule has 2 aliphatic rings. The summed E-state index contributed by atoms with van der Waals surface area (Å²) in [5.41, 5.74) is 7.42. The third-order valence-corrected chi connectivity index (χ3v) is 11.9. The van der Waals surface area contributed by atoms with Gasteiger partial charge in [0.15, 0.2) is 6.71 Å². The monoisotopic (exact) mass is 1040 g/mol. The molecule has 0 unspecified atom stereocenters. The average Bonchev–Trinajstić information content (AvgIpc) is 3.81. The van der Waals surface area contributed by atoms with Crippen LogP contribution in [-0.4, -0.2) is 16.3 Å². The molecule has 10 aromatic rings. The van der Waals surface area contributed by atoms with Crippen LogP contribution in [0.1, 0.15) is 40.0 Å². The van der Waals surface area contributed by atoms with Crippen LogP contribution >= 0.6 is 0 Å². The largest absolute Gasteiger partial charge is 0.510 e. The summed E-state index contributed by atoms with van der Waals surface area (Å²) >= 11 is 0. The van der Waals surface area contributed by atoms with E-state index in [1.165, 1.54) is 0 Å². The first-order valence-electron chi connectivity index (χ1n) is 26.2. The van der Waals surface area contributed by atoms with Gasteiger partial charge in [-0.3, -0.25) is 4.57 Å². The van der Waals surface area contributed by atoms with Crippen LogP contribution in [-0.2, 0) is 26.5 Å². The Labute approximate surface area is 413 Å². The molecular weight excluding hydrogens is 991 g/mol. The van der Waals surface area contributed by atoms with Gasteiger partial charge in [-0.1, -0.05) is 154 Å². The van der Waals surface area contributed by atoms with Crippen molar-refractivity contribution in [2.45, 2.75) is 26.2 Å². The molecule has 0 amide bonds. The first kappa shape index (κ1) is 31.4.